The highest BCUT2D eigenvalue weighted by molar-refractivity contribution is 6.06. The SMILES string of the molecule is CCOC(=O)C(COCc1ccccc1)(C(=O)OCC)c1ccccc1. The van der Waals surface area contributed by atoms with Crippen molar-refractivity contribution in [3.63, 3.8) is 0 Å². The zero-order valence-electron chi connectivity index (χ0n) is 15.1. The fourth-order valence-electron chi connectivity index (χ4n) is 2.65. The number of hydrogen-bond acceptors (Lipinski definition) is 5. The van der Waals surface area contributed by atoms with Gasteiger partial charge in [0.05, 0.1) is 26.4 Å². The van der Waals surface area contributed by atoms with Gasteiger partial charge < -0.3 is 14.2 Å². The van der Waals surface area contributed by atoms with Crippen molar-refractivity contribution in [3.05, 3.63) is 71.8 Å². The minimum atomic E-state index is -1.65. The van der Waals surface area contributed by atoms with Crippen LogP contribution < -0.4 is 0 Å². The minimum absolute atomic E-state index is 0.158. The number of carbonyl (C=O) groups is 2. The van der Waals surface area contributed by atoms with Crippen LogP contribution in [0.25, 0.3) is 0 Å². The van der Waals surface area contributed by atoms with Crippen LogP contribution in [0.1, 0.15) is 25.0 Å². The van der Waals surface area contributed by atoms with Crippen LogP contribution in [0, 0.1) is 0 Å². The number of esters is 2. The molecule has 0 bridgehead atoms. The van der Waals surface area contributed by atoms with Crippen molar-refractivity contribution in [2.24, 2.45) is 0 Å². The number of hydrogen-bond donors (Lipinski definition) is 0. The van der Waals surface area contributed by atoms with Gasteiger partial charge in [0.1, 0.15) is 0 Å². The molecule has 0 N–H and O–H groups in total. The number of benzene rings is 2. The van der Waals surface area contributed by atoms with E-state index >= 15 is 0 Å². The largest absolute Gasteiger partial charge is 0.465 e. The molecule has 0 heterocycles. The molecule has 0 atom stereocenters. The Morgan fingerprint density at radius 3 is 1.81 bits per heavy atom. The molecule has 5 heteroatoms. The fourth-order valence-corrected chi connectivity index (χ4v) is 2.65. The topological polar surface area (TPSA) is 61.8 Å². The molecule has 26 heavy (non-hydrogen) atoms. The first-order valence-corrected chi connectivity index (χ1v) is 8.66. The van der Waals surface area contributed by atoms with Crippen LogP contribution in [-0.4, -0.2) is 31.8 Å². The van der Waals surface area contributed by atoms with Crippen molar-refractivity contribution < 1.29 is 23.8 Å². The van der Waals surface area contributed by atoms with E-state index in [1.54, 1.807) is 38.1 Å². The lowest BCUT2D eigenvalue weighted by molar-refractivity contribution is -0.168. The summed E-state index contributed by atoms with van der Waals surface area (Å²) in [6, 6.07) is 18.3. The Labute approximate surface area is 153 Å². The van der Waals surface area contributed by atoms with Crippen LogP contribution in [0.2, 0.25) is 0 Å². The standard InChI is InChI=1S/C21H24O5/c1-3-25-19(22)21(20(23)26-4-2,18-13-9-6-10-14-18)16-24-15-17-11-7-5-8-12-17/h5-14H,3-4,15-16H2,1-2H3. The molecule has 0 spiro atoms. The summed E-state index contributed by atoms with van der Waals surface area (Å²) in [5.41, 5.74) is -0.214. The van der Waals surface area contributed by atoms with Gasteiger partial charge in [-0.05, 0) is 25.0 Å². The van der Waals surface area contributed by atoms with Gasteiger partial charge in [-0.25, -0.2) is 0 Å². The second-order valence-corrected chi connectivity index (χ2v) is 5.69. The van der Waals surface area contributed by atoms with E-state index in [0.29, 0.717) is 5.56 Å². The van der Waals surface area contributed by atoms with Gasteiger partial charge in [-0.15, -0.1) is 0 Å². The van der Waals surface area contributed by atoms with Crippen molar-refractivity contribution in [1.82, 2.24) is 0 Å². The summed E-state index contributed by atoms with van der Waals surface area (Å²) in [7, 11) is 0. The van der Waals surface area contributed by atoms with Crippen LogP contribution >= 0.6 is 0 Å². The normalized spacial score (nSPS) is 11.0. The van der Waals surface area contributed by atoms with E-state index < -0.39 is 17.4 Å². The van der Waals surface area contributed by atoms with Gasteiger partial charge in [0.15, 0.2) is 0 Å². The molecule has 0 unspecified atom stereocenters. The van der Waals surface area contributed by atoms with Gasteiger partial charge in [-0.1, -0.05) is 60.7 Å². The highest BCUT2D eigenvalue weighted by Crippen LogP contribution is 2.29. The molecule has 0 aromatic heterocycles. The molecule has 0 radical (unpaired) electrons. The molecular formula is C21H24O5. The Morgan fingerprint density at radius 1 is 0.808 bits per heavy atom. The molecule has 0 aliphatic rings. The number of carbonyl (C=O) groups excluding carboxylic acids is 2. The second kappa shape index (κ2) is 9.73. The van der Waals surface area contributed by atoms with E-state index in [4.69, 9.17) is 14.2 Å². The summed E-state index contributed by atoms with van der Waals surface area (Å²) in [6.07, 6.45) is 0. The predicted octanol–water partition coefficient (Wildman–Crippen LogP) is 3.27. The lowest BCUT2D eigenvalue weighted by atomic mass is 9.81. The molecule has 0 saturated heterocycles. The van der Waals surface area contributed by atoms with Crippen LogP contribution in [0.4, 0.5) is 0 Å². The number of ether oxygens (including phenoxy) is 3. The maximum Gasteiger partial charge on any atom is 0.330 e. The second-order valence-electron chi connectivity index (χ2n) is 5.69. The van der Waals surface area contributed by atoms with E-state index in [1.807, 2.05) is 36.4 Å². The van der Waals surface area contributed by atoms with Crippen molar-refractivity contribution in [3.8, 4) is 0 Å². The Hall–Kier alpha value is -2.66. The lowest BCUT2D eigenvalue weighted by Crippen LogP contribution is -2.50. The highest BCUT2D eigenvalue weighted by Gasteiger charge is 2.51. The average Bonchev–Trinajstić information content (AvgIpc) is 2.67. The third-order valence-corrected chi connectivity index (χ3v) is 3.94. The summed E-state index contributed by atoms with van der Waals surface area (Å²) in [6.45, 7) is 3.82. The lowest BCUT2D eigenvalue weighted by Gasteiger charge is -2.29. The Balaban J connectivity index is 2.34. The minimum Gasteiger partial charge on any atom is -0.465 e. The molecule has 2 aromatic carbocycles. The zero-order chi connectivity index (χ0) is 18.8. The van der Waals surface area contributed by atoms with Gasteiger partial charge in [0.25, 0.3) is 0 Å². The highest BCUT2D eigenvalue weighted by atomic mass is 16.6. The molecule has 2 aromatic rings. The monoisotopic (exact) mass is 356 g/mol. The molecule has 0 aliphatic carbocycles. The van der Waals surface area contributed by atoms with E-state index in [-0.39, 0.29) is 26.4 Å². The predicted molar refractivity (Wildman–Crippen MR) is 97.5 cm³/mol. The molecule has 0 aliphatic heterocycles. The first-order valence-electron chi connectivity index (χ1n) is 8.66. The molecule has 0 fully saturated rings. The van der Waals surface area contributed by atoms with Gasteiger partial charge in [-0.3, -0.25) is 9.59 Å². The van der Waals surface area contributed by atoms with E-state index in [0.717, 1.165) is 5.56 Å². The van der Waals surface area contributed by atoms with E-state index in [1.165, 1.54) is 0 Å². The van der Waals surface area contributed by atoms with E-state index in [9.17, 15) is 9.59 Å². The first kappa shape index (κ1) is 19.7. The van der Waals surface area contributed by atoms with Crippen molar-refractivity contribution >= 4 is 11.9 Å². The zero-order valence-corrected chi connectivity index (χ0v) is 15.1. The molecule has 0 amide bonds. The van der Waals surface area contributed by atoms with Crippen LogP contribution in [0.15, 0.2) is 60.7 Å². The van der Waals surface area contributed by atoms with Crippen molar-refractivity contribution in [1.29, 1.82) is 0 Å². The van der Waals surface area contributed by atoms with Gasteiger partial charge >= 0.3 is 11.9 Å². The average molecular weight is 356 g/mol. The smallest absolute Gasteiger partial charge is 0.330 e. The fraction of sp³-hybridized carbons (Fsp3) is 0.333. The van der Waals surface area contributed by atoms with Crippen LogP contribution in [0.3, 0.4) is 0 Å². The molecule has 2 rings (SSSR count). The Bertz CT molecular complexity index is 679. The summed E-state index contributed by atoms with van der Waals surface area (Å²) in [5, 5.41) is 0. The quantitative estimate of drug-likeness (QED) is 0.510. The summed E-state index contributed by atoms with van der Waals surface area (Å²) in [5.74, 6) is -1.34. The van der Waals surface area contributed by atoms with Crippen LogP contribution in [-0.2, 0) is 35.8 Å². The summed E-state index contributed by atoms with van der Waals surface area (Å²) >= 11 is 0. The maximum atomic E-state index is 12.8. The third kappa shape index (κ3) is 4.49. The Kier molecular flexibility index (Phi) is 7.36. The molecular weight excluding hydrogens is 332 g/mol. The number of rotatable bonds is 9. The summed E-state index contributed by atoms with van der Waals surface area (Å²) in [4.78, 5) is 25.6. The van der Waals surface area contributed by atoms with Gasteiger partial charge in [0, 0.05) is 0 Å². The van der Waals surface area contributed by atoms with Gasteiger partial charge in [-0.2, -0.15) is 0 Å². The summed E-state index contributed by atoms with van der Waals surface area (Å²) < 4.78 is 16.2. The first-order chi connectivity index (χ1) is 12.6. The molecule has 138 valence electrons. The molecule has 0 saturated carbocycles. The van der Waals surface area contributed by atoms with Crippen molar-refractivity contribution in [2.75, 3.05) is 19.8 Å². The van der Waals surface area contributed by atoms with E-state index in [2.05, 4.69) is 0 Å². The molecule has 5 nitrogen and oxygen atoms in total. The Morgan fingerprint density at radius 2 is 1.31 bits per heavy atom. The van der Waals surface area contributed by atoms with Gasteiger partial charge in [0.2, 0.25) is 5.41 Å². The maximum absolute atomic E-state index is 12.8. The third-order valence-electron chi connectivity index (χ3n) is 3.94. The van der Waals surface area contributed by atoms with Crippen LogP contribution in [0.5, 0.6) is 0 Å². The van der Waals surface area contributed by atoms with Crippen molar-refractivity contribution in [2.45, 2.75) is 25.9 Å².